The quantitative estimate of drug-likeness (QED) is 0.563. The van der Waals surface area contributed by atoms with E-state index < -0.39 is 17.4 Å². The Labute approximate surface area is 103 Å². The van der Waals surface area contributed by atoms with Gasteiger partial charge < -0.3 is 19.8 Å². The average molecular weight is 242 g/mol. The van der Waals surface area contributed by atoms with Crippen molar-refractivity contribution in [3.05, 3.63) is 0 Å². The summed E-state index contributed by atoms with van der Waals surface area (Å²) in [5.74, 6) is -2.30. The predicted molar refractivity (Wildman–Crippen MR) is 60.7 cm³/mol. The monoisotopic (exact) mass is 242 g/mol. The molecule has 0 bridgehead atoms. The summed E-state index contributed by atoms with van der Waals surface area (Å²) in [5.41, 5.74) is -0.980. The molecule has 0 N–H and O–H groups in total. The first-order chi connectivity index (χ1) is 7.98. The summed E-state index contributed by atoms with van der Waals surface area (Å²) in [4.78, 5) is 21.8. The topological polar surface area (TPSA) is 80.3 Å². The summed E-state index contributed by atoms with van der Waals surface area (Å²) < 4.78 is 0. The lowest BCUT2D eigenvalue weighted by Crippen LogP contribution is -2.43. The highest BCUT2D eigenvalue weighted by Crippen LogP contribution is 2.35. The summed E-state index contributed by atoms with van der Waals surface area (Å²) in [6.45, 7) is 3.97. The first-order valence-corrected chi connectivity index (χ1v) is 6.39. The number of carbonyl (C=O) groups excluding carboxylic acids is 2. The Bertz CT molecular complexity index is 240. The van der Waals surface area contributed by atoms with E-state index in [1.807, 2.05) is 13.8 Å². The molecule has 0 fully saturated rings. The van der Waals surface area contributed by atoms with Gasteiger partial charge in [0.25, 0.3) is 0 Å². The van der Waals surface area contributed by atoms with Crippen LogP contribution in [0.3, 0.4) is 0 Å². The van der Waals surface area contributed by atoms with Gasteiger partial charge in [-0.05, 0) is 25.7 Å². The molecule has 0 atom stereocenters. The molecule has 0 heterocycles. The minimum atomic E-state index is -1.19. The van der Waals surface area contributed by atoms with E-state index in [9.17, 15) is 19.8 Å². The zero-order valence-electron chi connectivity index (χ0n) is 10.8. The highest BCUT2D eigenvalue weighted by Gasteiger charge is 2.30. The highest BCUT2D eigenvalue weighted by atomic mass is 16.4. The lowest BCUT2D eigenvalue weighted by molar-refractivity contribution is -0.321. The number of carboxylic acid groups (broad SMARTS) is 2. The summed E-state index contributed by atoms with van der Waals surface area (Å²) in [5, 5.41) is 21.8. The van der Waals surface area contributed by atoms with Gasteiger partial charge in [0.1, 0.15) is 0 Å². The molecule has 0 aromatic rings. The smallest absolute Gasteiger partial charge is 0.0476 e. The normalized spacial score (nSPS) is 11.4. The molecule has 0 unspecified atom stereocenters. The fraction of sp³-hybridized carbons (Fsp3) is 0.846. The number of aliphatic carboxylic acids is 2. The van der Waals surface area contributed by atoms with Crippen LogP contribution in [0, 0.1) is 5.41 Å². The van der Waals surface area contributed by atoms with Gasteiger partial charge in [0.15, 0.2) is 0 Å². The lowest BCUT2D eigenvalue weighted by atomic mass is 9.75. The van der Waals surface area contributed by atoms with E-state index in [1.54, 1.807) is 0 Å². The fourth-order valence-electron chi connectivity index (χ4n) is 2.05. The number of hydrogen-bond acceptors (Lipinski definition) is 4. The number of carbonyl (C=O) groups is 2. The van der Waals surface area contributed by atoms with Gasteiger partial charge >= 0.3 is 0 Å². The minimum absolute atomic E-state index is 0.123. The standard InChI is InChI=1S/C13H24O4/c1-3-5-8-13(12(16)17,9-6-4-2)10-7-11(14)15/h3-10H2,1-2H3,(H,14,15)(H,16,17)/p-2. The van der Waals surface area contributed by atoms with Crippen molar-refractivity contribution in [2.75, 3.05) is 0 Å². The van der Waals surface area contributed by atoms with Gasteiger partial charge in [-0.1, -0.05) is 39.5 Å². The van der Waals surface area contributed by atoms with Crippen LogP contribution in [0.4, 0.5) is 0 Å². The van der Waals surface area contributed by atoms with Gasteiger partial charge in [0, 0.05) is 17.4 Å². The van der Waals surface area contributed by atoms with Crippen molar-refractivity contribution in [2.24, 2.45) is 5.41 Å². The van der Waals surface area contributed by atoms with E-state index in [-0.39, 0.29) is 12.8 Å². The van der Waals surface area contributed by atoms with Crippen molar-refractivity contribution in [2.45, 2.75) is 65.2 Å². The molecule has 0 saturated heterocycles. The van der Waals surface area contributed by atoms with E-state index in [1.165, 1.54) is 0 Å². The number of carboxylic acids is 2. The molecule has 0 amide bonds. The van der Waals surface area contributed by atoms with Crippen LogP contribution in [-0.4, -0.2) is 11.9 Å². The van der Waals surface area contributed by atoms with Crippen molar-refractivity contribution in [1.29, 1.82) is 0 Å². The fourth-order valence-corrected chi connectivity index (χ4v) is 2.05. The first kappa shape index (κ1) is 15.9. The first-order valence-electron chi connectivity index (χ1n) is 6.39. The molecule has 100 valence electrons. The third-order valence-corrected chi connectivity index (χ3v) is 3.26. The molecule has 0 rings (SSSR count). The minimum Gasteiger partial charge on any atom is -0.550 e. The third-order valence-electron chi connectivity index (χ3n) is 3.26. The molecule has 0 aliphatic rings. The van der Waals surface area contributed by atoms with Crippen LogP contribution in [0.2, 0.25) is 0 Å². The highest BCUT2D eigenvalue weighted by molar-refractivity contribution is 5.73. The maximum absolute atomic E-state index is 11.3. The molecule has 0 spiro atoms. The van der Waals surface area contributed by atoms with Crippen molar-refractivity contribution in [3.63, 3.8) is 0 Å². The Morgan fingerprint density at radius 3 is 1.71 bits per heavy atom. The van der Waals surface area contributed by atoms with Crippen LogP contribution in [0.15, 0.2) is 0 Å². The Morgan fingerprint density at radius 2 is 1.41 bits per heavy atom. The molecule has 17 heavy (non-hydrogen) atoms. The maximum atomic E-state index is 11.3. The second kappa shape index (κ2) is 8.09. The molecule has 4 heteroatoms. The SMILES string of the molecule is CCCCC(CCCC)(CCC(=O)[O-])C(=O)[O-]. The van der Waals surface area contributed by atoms with Crippen molar-refractivity contribution in [1.82, 2.24) is 0 Å². The van der Waals surface area contributed by atoms with Gasteiger partial charge in [-0.2, -0.15) is 0 Å². The van der Waals surface area contributed by atoms with Crippen LogP contribution in [0.25, 0.3) is 0 Å². The summed E-state index contributed by atoms with van der Waals surface area (Å²) >= 11 is 0. The second-order valence-electron chi connectivity index (χ2n) is 4.65. The second-order valence-corrected chi connectivity index (χ2v) is 4.65. The van der Waals surface area contributed by atoms with Crippen molar-refractivity contribution in [3.8, 4) is 0 Å². The maximum Gasteiger partial charge on any atom is 0.0476 e. The van der Waals surface area contributed by atoms with E-state index in [2.05, 4.69) is 0 Å². The molecule has 0 saturated carbocycles. The van der Waals surface area contributed by atoms with Gasteiger partial charge in [-0.3, -0.25) is 0 Å². The van der Waals surface area contributed by atoms with Crippen molar-refractivity contribution < 1.29 is 19.8 Å². The zero-order chi connectivity index (χ0) is 13.3. The Morgan fingerprint density at radius 1 is 0.941 bits per heavy atom. The van der Waals surface area contributed by atoms with E-state index in [0.717, 1.165) is 25.7 Å². The Kier molecular flexibility index (Phi) is 7.59. The van der Waals surface area contributed by atoms with Gasteiger partial charge in [0.2, 0.25) is 0 Å². The lowest BCUT2D eigenvalue weighted by Gasteiger charge is -2.35. The zero-order valence-corrected chi connectivity index (χ0v) is 10.8. The molecular weight excluding hydrogens is 220 g/mol. The van der Waals surface area contributed by atoms with Crippen LogP contribution < -0.4 is 10.2 Å². The summed E-state index contributed by atoms with van der Waals surface area (Å²) in [6, 6.07) is 0. The van der Waals surface area contributed by atoms with E-state index >= 15 is 0 Å². The number of rotatable bonds is 10. The van der Waals surface area contributed by atoms with E-state index in [4.69, 9.17) is 0 Å². The Balaban J connectivity index is 4.68. The van der Waals surface area contributed by atoms with Gasteiger partial charge in [-0.15, -0.1) is 0 Å². The molecule has 4 nitrogen and oxygen atoms in total. The number of hydrogen-bond donors (Lipinski definition) is 0. The Hall–Kier alpha value is -1.06. The van der Waals surface area contributed by atoms with Crippen LogP contribution in [0.5, 0.6) is 0 Å². The molecule has 0 aliphatic carbocycles. The third kappa shape index (κ3) is 5.71. The summed E-state index contributed by atoms with van der Waals surface area (Å²) in [7, 11) is 0. The predicted octanol–water partition coefficient (Wildman–Crippen LogP) is 0.633. The van der Waals surface area contributed by atoms with Crippen LogP contribution >= 0.6 is 0 Å². The van der Waals surface area contributed by atoms with E-state index in [0.29, 0.717) is 12.8 Å². The average Bonchev–Trinajstić information content (AvgIpc) is 2.28. The molecule has 0 aromatic carbocycles. The van der Waals surface area contributed by atoms with Gasteiger partial charge in [0.05, 0.1) is 0 Å². The largest absolute Gasteiger partial charge is 0.550 e. The van der Waals surface area contributed by atoms with Gasteiger partial charge in [-0.25, -0.2) is 0 Å². The van der Waals surface area contributed by atoms with Crippen molar-refractivity contribution >= 4 is 11.9 Å². The molecule has 0 aliphatic heterocycles. The molecule has 0 aromatic heterocycles. The molecular formula is C13H22O4-2. The van der Waals surface area contributed by atoms with Crippen LogP contribution in [-0.2, 0) is 9.59 Å². The van der Waals surface area contributed by atoms with Crippen LogP contribution in [0.1, 0.15) is 65.2 Å². The molecule has 0 radical (unpaired) electrons. The number of unbranched alkanes of at least 4 members (excludes halogenated alkanes) is 2. The summed E-state index contributed by atoms with van der Waals surface area (Å²) in [6.07, 6.45) is 4.27.